The first-order valence-electron chi connectivity index (χ1n) is 8.68. The number of anilines is 2. The van der Waals surface area contributed by atoms with Crippen LogP contribution in [0, 0.1) is 13.8 Å². The summed E-state index contributed by atoms with van der Waals surface area (Å²) in [5.41, 5.74) is 1.33. The highest BCUT2D eigenvalue weighted by Gasteiger charge is 2.25. The van der Waals surface area contributed by atoms with E-state index >= 15 is 0 Å². The van der Waals surface area contributed by atoms with Crippen molar-refractivity contribution in [2.24, 2.45) is 0 Å². The predicted octanol–water partition coefficient (Wildman–Crippen LogP) is 3.15. The van der Waals surface area contributed by atoms with E-state index in [2.05, 4.69) is 10.0 Å². The van der Waals surface area contributed by atoms with Crippen molar-refractivity contribution >= 4 is 27.3 Å². The van der Waals surface area contributed by atoms with Crippen LogP contribution in [0.2, 0.25) is 0 Å². The summed E-state index contributed by atoms with van der Waals surface area (Å²) in [5.74, 6) is 0.311. The zero-order chi connectivity index (χ0) is 19.8. The van der Waals surface area contributed by atoms with Gasteiger partial charge in [0.05, 0.1) is 11.9 Å². The average molecular weight is 390 g/mol. The van der Waals surface area contributed by atoms with Crippen LogP contribution in [-0.2, 0) is 10.0 Å². The van der Waals surface area contributed by atoms with Gasteiger partial charge in [-0.3, -0.25) is 9.52 Å². The molecule has 1 aromatic heterocycles. The Bertz CT molecular complexity index is 1050. The van der Waals surface area contributed by atoms with Crippen molar-refractivity contribution in [3.63, 3.8) is 0 Å². The molecule has 0 atom stereocenters. The van der Waals surface area contributed by atoms with Crippen LogP contribution >= 0.6 is 0 Å². The van der Waals surface area contributed by atoms with Gasteiger partial charge < -0.3 is 9.73 Å². The van der Waals surface area contributed by atoms with E-state index in [1.807, 2.05) is 0 Å². The van der Waals surface area contributed by atoms with E-state index in [1.54, 1.807) is 32.0 Å². The van der Waals surface area contributed by atoms with Crippen molar-refractivity contribution in [2.75, 3.05) is 16.3 Å². The quantitative estimate of drug-likeness (QED) is 0.816. The fraction of sp³-hybridized carbons (Fsp3) is 0.368. The lowest BCUT2D eigenvalue weighted by Gasteiger charge is -2.24. The van der Waals surface area contributed by atoms with Crippen LogP contribution in [0.4, 0.5) is 11.4 Å². The number of aryl methyl sites for hydroxylation is 2. The molecule has 144 valence electrons. The molecule has 1 fully saturated rings. The lowest BCUT2D eigenvalue weighted by Crippen LogP contribution is -2.24. The number of rotatable bonds is 5. The van der Waals surface area contributed by atoms with Gasteiger partial charge in [0.15, 0.2) is 0 Å². The van der Waals surface area contributed by atoms with Gasteiger partial charge >= 0.3 is 5.63 Å². The van der Waals surface area contributed by atoms with E-state index < -0.39 is 21.6 Å². The Labute approximate surface area is 157 Å². The van der Waals surface area contributed by atoms with Crippen molar-refractivity contribution in [1.82, 2.24) is 0 Å². The van der Waals surface area contributed by atoms with Crippen molar-refractivity contribution < 1.29 is 17.6 Å². The molecule has 7 nitrogen and oxygen atoms in total. The molecule has 1 heterocycles. The normalized spacial score (nSPS) is 14.5. The van der Waals surface area contributed by atoms with Crippen LogP contribution in [0.1, 0.15) is 52.4 Å². The molecule has 27 heavy (non-hydrogen) atoms. The van der Waals surface area contributed by atoms with E-state index in [0.717, 1.165) is 31.1 Å². The summed E-state index contributed by atoms with van der Waals surface area (Å²) in [6.07, 6.45) is 4.15. The monoisotopic (exact) mass is 390 g/mol. The minimum absolute atomic E-state index is 0.0426. The van der Waals surface area contributed by atoms with Gasteiger partial charge in [-0.25, -0.2) is 13.2 Å². The molecule has 1 aliphatic rings. The Kier molecular flexibility index (Phi) is 5.10. The minimum atomic E-state index is -3.44. The van der Waals surface area contributed by atoms with Crippen molar-refractivity contribution in [2.45, 2.75) is 39.0 Å². The van der Waals surface area contributed by atoms with E-state index in [4.69, 9.17) is 4.42 Å². The van der Waals surface area contributed by atoms with E-state index in [-0.39, 0.29) is 11.5 Å². The SMILES string of the molecule is Cc1ccc(NS(C)(=O)=O)cc1NC(=O)c1c(C)cc(C2CCC2)oc1=O. The van der Waals surface area contributed by atoms with Gasteiger partial charge in [-0.15, -0.1) is 0 Å². The zero-order valence-electron chi connectivity index (χ0n) is 15.5. The number of benzene rings is 1. The van der Waals surface area contributed by atoms with E-state index in [1.165, 1.54) is 6.07 Å². The Hall–Kier alpha value is -2.61. The van der Waals surface area contributed by atoms with Crippen LogP contribution in [0.5, 0.6) is 0 Å². The third-order valence-electron chi connectivity index (χ3n) is 4.69. The molecule has 0 saturated heterocycles. The van der Waals surface area contributed by atoms with Crippen molar-refractivity contribution in [3.8, 4) is 0 Å². The Morgan fingerprint density at radius 3 is 2.41 bits per heavy atom. The maximum atomic E-state index is 12.7. The van der Waals surface area contributed by atoms with Crippen LogP contribution in [-0.4, -0.2) is 20.6 Å². The number of hydrogen-bond acceptors (Lipinski definition) is 5. The maximum absolute atomic E-state index is 12.7. The Morgan fingerprint density at radius 1 is 1.15 bits per heavy atom. The van der Waals surface area contributed by atoms with Gasteiger partial charge in [-0.1, -0.05) is 12.5 Å². The third-order valence-corrected chi connectivity index (χ3v) is 5.30. The fourth-order valence-electron chi connectivity index (χ4n) is 3.02. The fourth-order valence-corrected chi connectivity index (χ4v) is 3.57. The van der Waals surface area contributed by atoms with Crippen LogP contribution in [0.25, 0.3) is 0 Å². The first kappa shape index (κ1) is 19.2. The number of amides is 1. The summed E-state index contributed by atoms with van der Waals surface area (Å²) >= 11 is 0. The lowest BCUT2D eigenvalue weighted by molar-refractivity contribution is 0.102. The lowest BCUT2D eigenvalue weighted by atomic mass is 9.83. The molecule has 3 rings (SSSR count). The predicted molar refractivity (Wildman–Crippen MR) is 104 cm³/mol. The zero-order valence-corrected chi connectivity index (χ0v) is 16.3. The summed E-state index contributed by atoms with van der Waals surface area (Å²) in [6, 6.07) is 6.54. The topological polar surface area (TPSA) is 105 Å². The molecule has 1 saturated carbocycles. The molecule has 1 aromatic carbocycles. The number of sulfonamides is 1. The summed E-state index contributed by atoms with van der Waals surface area (Å²) in [6.45, 7) is 3.48. The maximum Gasteiger partial charge on any atom is 0.349 e. The van der Waals surface area contributed by atoms with Crippen LogP contribution < -0.4 is 15.7 Å². The number of carbonyl (C=O) groups is 1. The smallest absolute Gasteiger partial charge is 0.349 e. The Morgan fingerprint density at radius 2 is 1.85 bits per heavy atom. The minimum Gasteiger partial charge on any atom is -0.427 e. The van der Waals surface area contributed by atoms with E-state index in [0.29, 0.717) is 22.7 Å². The summed E-state index contributed by atoms with van der Waals surface area (Å²) < 4.78 is 30.5. The van der Waals surface area contributed by atoms with E-state index in [9.17, 15) is 18.0 Å². The number of hydrogen-bond donors (Lipinski definition) is 2. The molecular weight excluding hydrogens is 368 g/mol. The van der Waals surface area contributed by atoms with Gasteiger partial charge in [0.1, 0.15) is 11.3 Å². The summed E-state index contributed by atoms with van der Waals surface area (Å²) in [5, 5.41) is 2.68. The highest BCUT2D eigenvalue weighted by atomic mass is 32.2. The summed E-state index contributed by atoms with van der Waals surface area (Å²) in [4.78, 5) is 25.0. The second-order valence-corrected chi connectivity index (χ2v) is 8.73. The molecule has 1 aliphatic carbocycles. The standard InChI is InChI=1S/C19H22N2O5S/c1-11-7-8-14(21-27(3,24)25)10-15(11)20-18(22)17-12(2)9-16(26-19(17)23)13-5-4-6-13/h7-10,13,21H,4-6H2,1-3H3,(H,20,22). The molecule has 2 aromatic rings. The molecule has 0 aliphatic heterocycles. The molecule has 1 amide bonds. The number of nitrogens with one attached hydrogen (secondary N) is 2. The molecule has 0 radical (unpaired) electrons. The molecule has 2 N–H and O–H groups in total. The van der Waals surface area contributed by atoms with Gasteiger partial charge in [-0.2, -0.15) is 0 Å². The van der Waals surface area contributed by atoms with Crippen molar-refractivity contribution in [3.05, 3.63) is 57.1 Å². The molecule has 8 heteroatoms. The highest BCUT2D eigenvalue weighted by Crippen LogP contribution is 2.36. The van der Waals surface area contributed by atoms with Gasteiger partial charge in [0, 0.05) is 11.6 Å². The largest absolute Gasteiger partial charge is 0.427 e. The average Bonchev–Trinajstić information content (AvgIpc) is 2.46. The van der Waals surface area contributed by atoms with Crippen molar-refractivity contribution in [1.29, 1.82) is 0 Å². The Balaban J connectivity index is 1.87. The summed E-state index contributed by atoms with van der Waals surface area (Å²) in [7, 11) is -3.44. The third kappa shape index (κ3) is 4.39. The first-order valence-corrected chi connectivity index (χ1v) is 10.6. The second kappa shape index (κ2) is 7.19. The molecule has 0 unspecified atom stereocenters. The van der Waals surface area contributed by atoms with Crippen LogP contribution in [0.15, 0.2) is 33.5 Å². The number of carbonyl (C=O) groups excluding carboxylic acids is 1. The first-order chi connectivity index (χ1) is 12.6. The van der Waals surface area contributed by atoms with Gasteiger partial charge in [0.2, 0.25) is 10.0 Å². The molecular formula is C19H22N2O5S. The van der Waals surface area contributed by atoms with Crippen LogP contribution in [0.3, 0.4) is 0 Å². The second-order valence-electron chi connectivity index (χ2n) is 6.98. The highest BCUT2D eigenvalue weighted by molar-refractivity contribution is 7.92. The van der Waals surface area contributed by atoms with Gasteiger partial charge in [-0.05, 0) is 56.0 Å². The molecule has 0 bridgehead atoms. The molecule has 0 spiro atoms. The van der Waals surface area contributed by atoms with Gasteiger partial charge in [0.25, 0.3) is 5.91 Å².